The van der Waals surface area contributed by atoms with E-state index in [1.54, 1.807) is 7.11 Å². The van der Waals surface area contributed by atoms with Gasteiger partial charge < -0.3 is 14.3 Å². The largest absolute Gasteiger partial charge is 0.385 e. The molecule has 0 atom stereocenters. The molecule has 20 heavy (non-hydrogen) atoms. The Bertz CT molecular complexity index is 703. The normalized spacial score (nSPS) is 16.8. The molecule has 0 saturated heterocycles. The summed E-state index contributed by atoms with van der Waals surface area (Å²) in [5.41, 5.74) is 2.29. The summed E-state index contributed by atoms with van der Waals surface area (Å²) in [7, 11) is 1.75. The van der Waals surface area contributed by atoms with Gasteiger partial charge in [0.1, 0.15) is 0 Å². The van der Waals surface area contributed by atoms with Gasteiger partial charge >= 0.3 is 0 Å². The highest BCUT2D eigenvalue weighted by molar-refractivity contribution is 7.71. The van der Waals surface area contributed by atoms with Gasteiger partial charge in [-0.1, -0.05) is 23.2 Å². The van der Waals surface area contributed by atoms with Crippen LogP contribution in [-0.4, -0.2) is 23.3 Å². The second-order valence-electron chi connectivity index (χ2n) is 5.54. The topological polar surface area (TPSA) is 29.9 Å². The summed E-state index contributed by atoms with van der Waals surface area (Å²) in [6.45, 7) is 1.70. The zero-order chi connectivity index (χ0) is 14.3. The van der Waals surface area contributed by atoms with E-state index in [2.05, 4.69) is 9.55 Å². The summed E-state index contributed by atoms with van der Waals surface area (Å²) >= 11 is 17.6. The molecular formula is C14H16Cl2N2OS. The third kappa shape index (κ3) is 2.62. The third-order valence-corrected chi connectivity index (χ3v) is 5.15. The zero-order valence-corrected chi connectivity index (χ0v) is 13.5. The minimum atomic E-state index is 0.329. The number of halogens is 2. The quantitative estimate of drug-likeness (QED) is 0.796. The first-order valence-electron chi connectivity index (χ1n) is 6.61. The summed E-state index contributed by atoms with van der Waals surface area (Å²) in [5, 5.41) is 1.10. The van der Waals surface area contributed by atoms with Crippen molar-refractivity contribution in [3.05, 3.63) is 26.9 Å². The first kappa shape index (κ1) is 14.4. The van der Waals surface area contributed by atoms with Crippen molar-refractivity contribution >= 4 is 46.5 Å². The van der Waals surface area contributed by atoms with Crippen LogP contribution in [0.1, 0.15) is 19.3 Å². The van der Waals surface area contributed by atoms with E-state index in [-0.39, 0.29) is 0 Å². The average molecular weight is 331 g/mol. The fourth-order valence-electron chi connectivity index (χ4n) is 2.63. The van der Waals surface area contributed by atoms with E-state index in [4.69, 9.17) is 40.2 Å². The molecule has 1 aromatic heterocycles. The molecule has 1 saturated carbocycles. The molecule has 1 aliphatic carbocycles. The van der Waals surface area contributed by atoms with Gasteiger partial charge in [-0.3, -0.25) is 0 Å². The number of methoxy groups -OCH3 is 1. The maximum Gasteiger partial charge on any atom is 0.178 e. The number of imidazole rings is 1. The molecule has 0 aliphatic heterocycles. The number of H-pyrrole nitrogens is 1. The fraction of sp³-hybridized carbons (Fsp3) is 0.500. The number of hydrogen-bond acceptors (Lipinski definition) is 2. The lowest BCUT2D eigenvalue weighted by Crippen LogP contribution is -2.14. The zero-order valence-electron chi connectivity index (χ0n) is 11.2. The van der Waals surface area contributed by atoms with Gasteiger partial charge in [0, 0.05) is 20.3 Å². The Labute approximate surface area is 132 Å². The molecule has 1 aromatic carbocycles. The molecule has 0 radical (unpaired) electrons. The molecule has 1 fully saturated rings. The number of aromatic nitrogens is 2. The molecule has 1 heterocycles. The van der Waals surface area contributed by atoms with Crippen molar-refractivity contribution in [2.24, 2.45) is 5.41 Å². The van der Waals surface area contributed by atoms with Crippen LogP contribution >= 0.6 is 35.4 Å². The highest BCUT2D eigenvalue weighted by atomic mass is 35.5. The lowest BCUT2D eigenvalue weighted by atomic mass is 10.0. The van der Waals surface area contributed by atoms with Crippen molar-refractivity contribution in [3.63, 3.8) is 0 Å². The van der Waals surface area contributed by atoms with Crippen LogP contribution in [0.15, 0.2) is 12.1 Å². The SMILES string of the molecule is COCCC1(Cn2c(=S)[nH]c3cc(Cl)c(Cl)cc32)CC1. The highest BCUT2D eigenvalue weighted by Gasteiger charge is 2.42. The van der Waals surface area contributed by atoms with Crippen LogP contribution in [0.5, 0.6) is 0 Å². The summed E-state index contributed by atoms with van der Waals surface area (Å²) in [5.74, 6) is 0. The van der Waals surface area contributed by atoms with Crippen LogP contribution in [0.25, 0.3) is 11.0 Å². The summed E-state index contributed by atoms with van der Waals surface area (Å²) < 4.78 is 8.07. The van der Waals surface area contributed by atoms with E-state index >= 15 is 0 Å². The number of aromatic amines is 1. The maximum absolute atomic E-state index is 6.13. The van der Waals surface area contributed by atoms with Crippen LogP contribution < -0.4 is 0 Å². The summed E-state index contributed by atoms with van der Waals surface area (Å²) in [6.07, 6.45) is 3.53. The third-order valence-electron chi connectivity index (χ3n) is 4.10. The van der Waals surface area contributed by atoms with Gasteiger partial charge in [0.2, 0.25) is 0 Å². The number of fused-ring (bicyclic) bond motifs is 1. The summed E-state index contributed by atoms with van der Waals surface area (Å²) in [4.78, 5) is 3.20. The van der Waals surface area contributed by atoms with Gasteiger partial charge in [0.25, 0.3) is 0 Å². The van der Waals surface area contributed by atoms with Crippen LogP contribution in [0, 0.1) is 10.2 Å². The Morgan fingerprint density at radius 2 is 2.05 bits per heavy atom. The van der Waals surface area contributed by atoms with Gasteiger partial charge in [-0.25, -0.2) is 0 Å². The van der Waals surface area contributed by atoms with Crippen molar-refractivity contribution in [1.82, 2.24) is 9.55 Å². The van der Waals surface area contributed by atoms with Crippen molar-refractivity contribution in [1.29, 1.82) is 0 Å². The number of nitrogens with zero attached hydrogens (tertiary/aromatic N) is 1. The van der Waals surface area contributed by atoms with Crippen LogP contribution in [0.2, 0.25) is 10.0 Å². The highest BCUT2D eigenvalue weighted by Crippen LogP contribution is 2.50. The number of rotatable bonds is 5. The van der Waals surface area contributed by atoms with Crippen molar-refractivity contribution in [2.75, 3.05) is 13.7 Å². The second-order valence-corrected chi connectivity index (χ2v) is 6.74. The van der Waals surface area contributed by atoms with Gasteiger partial charge in [-0.15, -0.1) is 0 Å². The van der Waals surface area contributed by atoms with E-state index in [0.29, 0.717) is 15.5 Å². The van der Waals surface area contributed by atoms with Crippen LogP contribution in [0.3, 0.4) is 0 Å². The van der Waals surface area contributed by atoms with E-state index < -0.39 is 0 Å². The summed E-state index contributed by atoms with van der Waals surface area (Å²) in [6, 6.07) is 3.72. The van der Waals surface area contributed by atoms with Crippen LogP contribution in [0.4, 0.5) is 0 Å². The predicted molar refractivity (Wildman–Crippen MR) is 85.3 cm³/mol. The van der Waals surface area contributed by atoms with E-state index in [1.165, 1.54) is 12.8 Å². The number of hydrogen-bond donors (Lipinski definition) is 1. The Balaban J connectivity index is 1.97. The second kappa shape index (κ2) is 5.34. The van der Waals surface area contributed by atoms with Gasteiger partial charge in [0.15, 0.2) is 4.77 Å². The Morgan fingerprint density at radius 3 is 2.70 bits per heavy atom. The average Bonchev–Trinajstić information content (AvgIpc) is 3.12. The Kier molecular flexibility index (Phi) is 3.84. The molecule has 2 aromatic rings. The Morgan fingerprint density at radius 1 is 1.35 bits per heavy atom. The van der Waals surface area contributed by atoms with Crippen molar-refractivity contribution < 1.29 is 4.74 Å². The van der Waals surface area contributed by atoms with E-state index in [9.17, 15) is 0 Å². The molecule has 0 amide bonds. The Hall–Kier alpha value is -0.550. The molecule has 1 N–H and O–H groups in total. The molecule has 0 spiro atoms. The molecule has 0 bridgehead atoms. The minimum Gasteiger partial charge on any atom is -0.385 e. The lowest BCUT2D eigenvalue weighted by Gasteiger charge is -2.16. The molecule has 108 valence electrons. The number of benzene rings is 1. The maximum atomic E-state index is 6.13. The molecule has 0 unspecified atom stereocenters. The first-order chi connectivity index (χ1) is 9.54. The van der Waals surface area contributed by atoms with Crippen molar-refractivity contribution in [2.45, 2.75) is 25.8 Å². The number of nitrogens with one attached hydrogen (secondary N) is 1. The van der Waals surface area contributed by atoms with Gasteiger partial charge in [0.05, 0.1) is 21.1 Å². The smallest absolute Gasteiger partial charge is 0.178 e. The molecule has 3 nitrogen and oxygen atoms in total. The molecule has 6 heteroatoms. The van der Waals surface area contributed by atoms with Crippen LogP contribution in [-0.2, 0) is 11.3 Å². The van der Waals surface area contributed by atoms with Crippen molar-refractivity contribution in [3.8, 4) is 0 Å². The lowest BCUT2D eigenvalue weighted by molar-refractivity contribution is 0.167. The monoisotopic (exact) mass is 330 g/mol. The molecule has 1 aliphatic rings. The fourth-order valence-corrected chi connectivity index (χ4v) is 3.22. The first-order valence-corrected chi connectivity index (χ1v) is 7.78. The van der Waals surface area contributed by atoms with E-state index in [0.717, 1.165) is 35.4 Å². The number of ether oxygens (including phenoxy) is 1. The minimum absolute atomic E-state index is 0.329. The van der Waals surface area contributed by atoms with E-state index in [1.807, 2.05) is 12.1 Å². The van der Waals surface area contributed by atoms with Gasteiger partial charge in [-0.05, 0) is 49.0 Å². The standard InChI is InChI=1S/C14H16Cl2N2OS/c1-19-5-4-14(2-3-14)8-18-12-7-10(16)9(15)6-11(12)17-13(18)20/h6-7H,2-5,8H2,1H3,(H,17,20). The molecular weight excluding hydrogens is 315 g/mol. The van der Waals surface area contributed by atoms with Gasteiger partial charge in [-0.2, -0.15) is 0 Å². The predicted octanol–water partition coefficient (Wildman–Crippen LogP) is 4.82. The molecule has 3 rings (SSSR count).